The summed E-state index contributed by atoms with van der Waals surface area (Å²) in [6.07, 6.45) is 2.20. The van der Waals surface area contributed by atoms with E-state index in [0.717, 1.165) is 35.4 Å². The molecule has 1 unspecified atom stereocenters. The molecule has 3 aromatic rings. The largest absolute Gasteiger partial charge is 0.343 e. The van der Waals surface area contributed by atoms with Gasteiger partial charge in [0, 0.05) is 23.6 Å². The van der Waals surface area contributed by atoms with Gasteiger partial charge in [0.15, 0.2) is 5.78 Å². The maximum absolute atomic E-state index is 13.3. The van der Waals surface area contributed by atoms with Crippen LogP contribution in [0.25, 0.3) is 5.69 Å². The quantitative estimate of drug-likeness (QED) is 0.734. The van der Waals surface area contributed by atoms with Crippen LogP contribution >= 0.6 is 0 Å². The third kappa shape index (κ3) is 2.46. The second-order valence-electron chi connectivity index (χ2n) is 7.01. The Labute approximate surface area is 156 Å². The normalized spacial score (nSPS) is 18.7. The average Bonchev–Trinajstić information content (AvgIpc) is 3.04. The summed E-state index contributed by atoms with van der Waals surface area (Å²) in [6, 6.07) is 19.3. The zero-order valence-corrected chi connectivity index (χ0v) is 14.7. The number of hydrogen-bond donors (Lipinski definition) is 2. The predicted octanol–water partition coefficient (Wildman–Crippen LogP) is 3.73. The lowest BCUT2D eigenvalue weighted by molar-refractivity contribution is -0.116. The number of aromatic nitrogens is 2. The van der Waals surface area contributed by atoms with Crippen molar-refractivity contribution in [2.45, 2.75) is 25.2 Å². The number of nitrogens with one attached hydrogen (secondary N) is 2. The molecule has 2 aromatic carbocycles. The van der Waals surface area contributed by atoms with Crippen LogP contribution < -0.4 is 10.9 Å². The number of aromatic amines is 1. The van der Waals surface area contributed by atoms with E-state index in [2.05, 4.69) is 10.4 Å². The van der Waals surface area contributed by atoms with E-state index in [4.69, 9.17) is 0 Å². The van der Waals surface area contributed by atoms with Gasteiger partial charge in [-0.15, -0.1) is 0 Å². The Morgan fingerprint density at radius 2 is 1.59 bits per heavy atom. The van der Waals surface area contributed by atoms with Gasteiger partial charge >= 0.3 is 0 Å². The van der Waals surface area contributed by atoms with Crippen LogP contribution in [0, 0.1) is 0 Å². The molecule has 0 saturated carbocycles. The average molecular weight is 357 g/mol. The molecule has 5 nitrogen and oxygen atoms in total. The van der Waals surface area contributed by atoms with Gasteiger partial charge in [0.1, 0.15) is 5.82 Å². The first kappa shape index (κ1) is 15.9. The zero-order valence-electron chi connectivity index (χ0n) is 14.7. The van der Waals surface area contributed by atoms with Gasteiger partial charge in [-0.25, -0.2) is 4.68 Å². The van der Waals surface area contributed by atoms with Gasteiger partial charge in [-0.2, -0.15) is 0 Å². The summed E-state index contributed by atoms with van der Waals surface area (Å²) in [4.78, 5) is 26.1. The fourth-order valence-electron chi connectivity index (χ4n) is 4.17. The smallest absolute Gasteiger partial charge is 0.277 e. The van der Waals surface area contributed by atoms with Crippen molar-refractivity contribution in [3.63, 3.8) is 0 Å². The Hall–Kier alpha value is -3.34. The van der Waals surface area contributed by atoms with Crippen molar-refractivity contribution in [3.8, 4) is 5.69 Å². The number of allylic oxidation sites excluding steroid dienone is 2. The summed E-state index contributed by atoms with van der Waals surface area (Å²) in [5.41, 5.74) is 3.92. The second kappa shape index (κ2) is 6.13. The minimum absolute atomic E-state index is 0.123. The molecule has 1 aliphatic carbocycles. The van der Waals surface area contributed by atoms with Crippen LogP contribution in [0.3, 0.4) is 0 Å². The van der Waals surface area contributed by atoms with Crippen LogP contribution in [0.4, 0.5) is 5.82 Å². The van der Waals surface area contributed by atoms with Gasteiger partial charge in [-0.05, 0) is 30.5 Å². The number of rotatable bonds is 2. The van der Waals surface area contributed by atoms with Gasteiger partial charge in [0.25, 0.3) is 5.56 Å². The molecule has 2 aliphatic rings. The monoisotopic (exact) mass is 357 g/mol. The van der Waals surface area contributed by atoms with Crippen molar-refractivity contribution in [2.75, 3.05) is 5.32 Å². The fraction of sp³-hybridized carbons (Fsp3) is 0.182. The predicted molar refractivity (Wildman–Crippen MR) is 104 cm³/mol. The van der Waals surface area contributed by atoms with E-state index in [-0.39, 0.29) is 17.3 Å². The van der Waals surface area contributed by atoms with Crippen LogP contribution in [0.15, 0.2) is 76.7 Å². The van der Waals surface area contributed by atoms with Gasteiger partial charge in [0.05, 0.1) is 11.3 Å². The molecule has 2 N–H and O–H groups in total. The molecule has 1 aromatic heterocycles. The number of H-pyrrole nitrogens is 1. The first-order chi connectivity index (χ1) is 13.2. The molecule has 0 amide bonds. The number of para-hydroxylation sites is 1. The van der Waals surface area contributed by atoms with Crippen molar-refractivity contribution in [2.24, 2.45) is 0 Å². The number of fused-ring (bicyclic) bond motifs is 1. The standard InChI is InChI=1S/C22H19N3O2/c26-17-13-7-12-16-19(17)18(14-8-3-1-4-9-14)20-21(23-16)24-25(22(20)27)15-10-5-2-6-11-15/h1-6,8-11,18,23-24H,7,12-13H2. The van der Waals surface area contributed by atoms with Crippen molar-refractivity contribution in [3.05, 3.63) is 93.4 Å². The summed E-state index contributed by atoms with van der Waals surface area (Å²) in [6.45, 7) is 0. The topological polar surface area (TPSA) is 66.9 Å². The molecule has 1 atom stereocenters. The molecular formula is C22H19N3O2. The van der Waals surface area contributed by atoms with Gasteiger partial charge < -0.3 is 5.32 Å². The SMILES string of the molecule is O=C1CCCC2=C1C(c1ccccc1)c1c([nH]n(-c3ccccc3)c1=O)N2. The maximum atomic E-state index is 13.3. The molecular weight excluding hydrogens is 338 g/mol. The van der Waals surface area contributed by atoms with E-state index in [1.165, 1.54) is 0 Å². The molecule has 1 aliphatic heterocycles. The molecule has 0 bridgehead atoms. The summed E-state index contributed by atoms with van der Waals surface area (Å²) < 4.78 is 1.55. The summed E-state index contributed by atoms with van der Waals surface area (Å²) >= 11 is 0. The maximum Gasteiger partial charge on any atom is 0.277 e. The van der Waals surface area contributed by atoms with Gasteiger partial charge in [-0.3, -0.25) is 14.7 Å². The van der Waals surface area contributed by atoms with Crippen molar-refractivity contribution >= 4 is 11.6 Å². The number of carbonyl (C=O) groups is 1. The van der Waals surface area contributed by atoms with Crippen molar-refractivity contribution in [1.82, 2.24) is 9.78 Å². The van der Waals surface area contributed by atoms with E-state index in [1.807, 2.05) is 60.7 Å². The van der Waals surface area contributed by atoms with Crippen molar-refractivity contribution < 1.29 is 4.79 Å². The number of anilines is 1. The highest BCUT2D eigenvalue weighted by atomic mass is 16.1. The van der Waals surface area contributed by atoms with Crippen LogP contribution in [0.5, 0.6) is 0 Å². The van der Waals surface area contributed by atoms with Crippen LogP contribution in [-0.4, -0.2) is 15.6 Å². The third-order valence-electron chi connectivity index (χ3n) is 5.38. The number of hydrogen-bond acceptors (Lipinski definition) is 3. The molecule has 134 valence electrons. The van der Waals surface area contributed by atoms with Crippen molar-refractivity contribution in [1.29, 1.82) is 0 Å². The number of carbonyl (C=O) groups excluding carboxylic acids is 1. The lowest BCUT2D eigenvalue weighted by atomic mass is 9.77. The van der Waals surface area contributed by atoms with E-state index in [1.54, 1.807) is 4.68 Å². The highest BCUT2D eigenvalue weighted by molar-refractivity contribution is 6.00. The molecule has 2 heterocycles. The molecule has 0 saturated heterocycles. The molecule has 27 heavy (non-hydrogen) atoms. The van der Waals surface area contributed by atoms with E-state index in [9.17, 15) is 9.59 Å². The number of Topliss-reactive ketones (excluding diaryl/α,β-unsaturated/α-hetero) is 1. The number of nitrogens with zero attached hydrogens (tertiary/aromatic N) is 1. The molecule has 0 radical (unpaired) electrons. The lowest BCUT2D eigenvalue weighted by Gasteiger charge is -2.31. The minimum Gasteiger partial charge on any atom is -0.343 e. The Balaban J connectivity index is 1.75. The molecule has 0 spiro atoms. The Morgan fingerprint density at radius 1 is 0.889 bits per heavy atom. The van der Waals surface area contributed by atoms with E-state index < -0.39 is 0 Å². The first-order valence-electron chi connectivity index (χ1n) is 9.22. The zero-order chi connectivity index (χ0) is 18.4. The number of benzene rings is 2. The molecule has 5 heteroatoms. The Bertz CT molecular complexity index is 1110. The fourth-order valence-corrected chi connectivity index (χ4v) is 4.17. The van der Waals surface area contributed by atoms with Gasteiger partial charge in [-0.1, -0.05) is 48.5 Å². The minimum atomic E-state index is -0.334. The molecule has 5 rings (SSSR count). The van der Waals surface area contributed by atoms with E-state index >= 15 is 0 Å². The highest BCUT2D eigenvalue weighted by Gasteiger charge is 2.38. The van der Waals surface area contributed by atoms with Crippen LogP contribution in [0.2, 0.25) is 0 Å². The lowest BCUT2D eigenvalue weighted by Crippen LogP contribution is -2.29. The summed E-state index contributed by atoms with van der Waals surface area (Å²) in [5, 5.41) is 6.56. The van der Waals surface area contributed by atoms with E-state index in [0.29, 0.717) is 17.8 Å². The highest BCUT2D eigenvalue weighted by Crippen LogP contribution is 2.43. The Kier molecular flexibility index (Phi) is 3.60. The summed E-state index contributed by atoms with van der Waals surface area (Å²) in [7, 11) is 0. The molecule has 0 fully saturated rings. The van der Waals surface area contributed by atoms with Gasteiger partial charge in [0.2, 0.25) is 0 Å². The Morgan fingerprint density at radius 3 is 2.33 bits per heavy atom. The number of ketones is 1. The second-order valence-corrected chi connectivity index (χ2v) is 7.01. The first-order valence-corrected chi connectivity index (χ1v) is 9.22. The summed E-state index contributed by atoms with van der Waals surface area (Å²) in [5.74, 6) is 0.486. The van der Waals surface area contributed by atoms with Crippen LogP contribution in [0.1, 0.15) is 36.3 Å². The van der Waals surface area contributed by atoms with Crippen LogP contribution in [-0.2, 0) is 4.79 Å². The third-order valence-corrected chi connectivity index (χ3v) is 5.38.